The van der Waals surface area contributed by atoms with Crippen LogP contribution >= 0.6 is 15.9 Å². The van der Waals surface area contributed by atoms with Gasteiger partial charge in [-0.2, -0.15) is 57.7 Å². The molecule has 0 aromatic heterocycles. The summed E-state index contributed by atoms with van der Waals surface area (Å²) in [4.78, 5) is 0. The average Bonchev–Trinajstić information content (AvgIpc) is 2.82. The predicted molar refractivity (Wildman–Crippen MR) is 135 cm³/mol. The van der Waals surface area contributed by atoms with E-state index in [1.165, 1.54) is 5.06 Å². The lowest BCUT2D eigenvalue weighted by molar-refractivity contribution is -0.388. The first-order valence-corrected chi connectivity index (χ1v) is 14.3. The molecule has 0 unspecified atom stereocenters. The summed E-state index contributed by atoms with van der Waals surface area (Å²) in [5.74, 6) is 0. The van der Waals surface area contributed by atoms with Gasteiger partial charge >= 0.3 is 24.7 Å². The number of rotatable bonds is 14. The molecule has 0 amide bonds. The molecule has 0 aliphatic carbocycles. The molecule has 1 aliphatic rings. The third-order valence-corrected chi connectivity index (χ3v) is 8.77. The van der Waals surface area contributed by atoms with Crippen LogP contribution in [-0.2, 0) is 18.9 Å². The van der Waals surface area contributed by atoms with Gasteiger partial charge in [0.1, 0.15) is 0 Å². The Bertz CT molecular complexity index is 833. The maximum atomic E-state index is 13.4. The molecule has 1 N–H and O–H groups in total. The Kier molecular flexibility index (Phi) is 13.1. The Morgan fingerprint density at radius 3 is 1.36 bits per heavy atom. The third kappa shape index (κ3) is 9.49. The molecule has 0 saturated carbocycles. The van der Waals surface area contributed by atoms with Gasteiger partial charge < -0.3 is 24.2 Å². The van der Waals surface area contributed by atoms with E-state index in [1.54, 1.807) is 27.7 Å². The molecule has 0 aromatic rings. The SMILES string of the molecule is CC1(C)CC(OCCCOCC(CBr)(COC(C)(C(F)(F)F)C(F)(F)F)COC(C)(C(F)(F)F)C(F)(F)F)CC(C)(C)N1O. The molecule has 0 aromatic carbocycles. The van der Waals surface area contributed by atoms with Crippen molar-refractivity contribution in [3.63, 3.8) is 0 Å². The first-order chi connectivity index (χ1) is 19.4. The number of halogens is 13. The zero-order valence-corrected chi connectivity index (χ0v) is 26.5. The van der Waals surface area contributed by atoms with Crippen molar-refractivity contribution in [2.75, 3.05) is 38.4 Å². The second-order valence-corrected chi connectivity index (χ2v) is 13.1. The summed E-state index contributed by atoms with van der Waals surface area (Å²) in [6, 6.07) is 0. The van der Waals surface area contributed by atoms with Gasteiger partial charge in [-0.1, -0.05) is 15.9 Å². The molecule has 19 heteroatoms. The number of piperidine rings is 1. The molecule has 1 fully saturated rings. The van der Waals surface area contributed by atoms with E-state index in [1.807, 2.05) is 0 Å². The van der Waals surface area contributed by atoms with Gasteiger partial charge in [0.05, 0.1) is 31.3 Å². The number of ether oxygens (including phenoxy) is 4. The monoisotopic (exact) mass is 739 g/mol. The molecule has 0 spiro atoms. The van der Waals surface area contributed by atoms with Crippen LogP contribution in [0.5, 0.6) is 0 Å². The summed E-state index contributed by atoms with van der Waals surface area (Å²) in [5, 5.41) is 10.8. The maximum absolute atomic E-state index is 13.4. The zero-order chi connectivity index (χ0) is 34.8. The molecule has 1 saturated heterocycles. The van der Waals surface area contributed by atoms with Crippen LogP contribution in [0.1, 0.15) is 60.8 Å². The molecule has 0 bridgehead atoms. The first-order valence-electron chi connectivity index (χ1n) is 13.2. The standard InChI is InChI=1S/C25H38BrF12NO5/c1-17(2)10-16(11-18(3,4)39(17)40)42-9-7-8-41-13-21(12-26,14-43-19(5,22(27,28)29)23(30,31)32)15-44-20(6,24(33,34)35)25(36,37)38/h16,40H,7-15H2,1-6H3. The molecule has 1 heterocycles. The highest BCUT2D eigenvalue weighted by molar-refractivity contribution is 9.09. The fraction of sp³-hybridized carbons (Fsp3) is 1.00. The van der Waals surface area contributed by atoms with Gasteiger partial charge in [-0.3, -0.25) is 0 Å². The largest absolute Gasteiger partial charge is 0.426 e. The lowest BCUT2D eigenvalue weighted by atomic mass is 9.80. The van der Waals surface area contributed by atoms with Crippen molar-refractivity contribution in [1.82, 2.24) is 5.06 Å². The van der Waals surface area contributed by atoms with E-state index in [2.05, 4.69) is 25.4 Å². The lowest BCUT2D eigenvalue weighted by Gasteiger charge is -2.51. The normalized spacial score (nSPS) is 19.9. The molecule has 0 atom stereocenters. The predicted octanol–water partition coefficient (Wildman–Crippen LogP) is 8.00. The summed E-state index contributed by atoms with van der Waals surface area (Å²) in [5.41, 5.74) is -13.3. The van der Waals surface area contributed by atoms with E-state index in [4.69, 9.17) is 9.47 Å². The lowest BCUT2D eigenvalue weighted by Crippen LogP contribution is -2.60. The minimum Gasteiger partial charge on any atom is -0.381 e. The summed E-state index contributed by atoms with van der Waals surface area (Å²) in [6.45, 7) is 1.96. The van der Waals surface area contributed by atoms with Crippen molar-refractivity contribution in [3.05, 3.63) is 0 Å². The van der Waals surface area contributed by atoms with Crippen LogP contribution in [0.3, 0.4) is 0 Å². The fourth-order valence-corrected chi connectivity index (χ4v) is 4.97. The topological polar surface area (TPSA) is 60.4 Å². The quantitative estimate of drug-likeness (QED) is 0.111. The molecule has 1 aliphatic heterocycles. The van der Waals surface area contributed by atoms with Crippen LogP contribution in [0.4, 0.5) is 52.7 Å². The Labute approximate surface area is 255 Å². The van der Waals surface area contributed by atoms with Crippen LogP contribution in [0.25, 0.3) is 0 Å². The van der Waals surface area contributed by atoms with Crippen molar-refractivity contribution < 1.29 is 76.8 Å². The third-order valence-electron chi connectivity index (χ3n) is 7.58. The van der Waals surface area contributed by atoms with Crippen molar-refractivity contribution in [2.24, 2.45) is 5.41 Å². The van der Waals surface area contributed by atoms with E-state index in [-0.39, 0.29) is 39.6 Å². The van der Waals surface area contributed by atoms with Crippen molar-refractivity contribution in [1.29, 1.82) is 0 Å². The Hall–Kier alpha value is -0.600. The molecular formula is C25H38BrF12NO5. The molecule has 0 radical (unpaired) electrons. The van der Waals surface area contributed by atoms with E-state index in [0.29, 0.717) is 12.8 Å². The number of hydroxylamine groups is 2. The van der Waals surface area contributed by atoms with Crippen molar-refractivity contribution >= 4 is 15.9 Å². The van der Waals surface area contributed by atoms with Gasteiger partial charge in [0.25, 0.3) is 11.2 Å². The summed E-state index contributed by atoms with van der Waals surface area (Å²) in [6.07, 6.45) is -23.6. The number of hydrogen-bond acceptors (Lipinski definition) is 6. The highest BCUT2D eigenvalue weighted by Crippen LogP contribution is 2.48. The molecule has 264 valence electrons. The highest BCUT2D eigenvalue weighted by Gasteiger charge is 2.71. The van der Waals surface area contributed by atoms with Gasteiger partial charge in [0.15, 0.2) is 0 Å². The maximum Gasteiger partial charge on any atom is 0.426 e. The van der Waals surface area contributed by atoms with Crippen molar-refractivity contribution in [3.8, 4) is 0 Å². The number of nitrogens with zero attached hydrogens (tertiary/aromatic N) is 1. The molecule has 44 heavy (non-hydrogen) atoms. The molecule has 6 nitrogen and oxygen atoms in total. The van der Waals surface area contributed by atoms with Crippen LogP contribution in [0.2, 0.25) is 0 Å². The van der Waals surface area contributed by atoms with Crippen LogP contribution in [-0.4, -0.2) is 102 Å². The second-order valence-electron chi connectivity index (χ2n) is 12.5. The summed E-state index contributed by atoms with van der Waals surface area (Å²) in [7, 11) is 0. The first kappa shape index (κ1) is 41.4. The van der Waals surface area contributed by atoms with E-state index >= 15 is 0 Å². The minimum atomic E-state index is -6.05. The van der Waals surface area contributed by atoms with Gasteiger partial charge in [-0.25, -0.2) is 0 Å². The zero-order valence-electron chi connectivity index (χ0n) is 24.9. The smallest absolute Gasteiger partial charge is 0.381 e. The summed E-state index contributed by atoms with van der Waals surface area (Å²) < 4.78 is 180. The second kappa shape index (κ2) is 13.9. The van der Waals surface area contributed by atoms with Crippen molar-refractivity contribution in [2.45, 2.75) is 114 Å². The molecular weight excluding hydrogens is 702 g/mol. The van der Waals surface area contributed by atoms with E-state index in [9.17, 15) is 57.9 Å². The van der Waals surface area contributed by atoms with Gasteiger partial charge in [-0.05, 0) is 60.8 Å². The average molecular weight is 740 g/mol. The van der Waals surface area contributed by atoms with Crippen LogP contribution < -0.4 is 0 Å². The Morgan fingerprint density at radius 1 is 0.682 bits per heavy atom. The van der Waals surface area contributed by atoms with E-state index in [0.717, 1.165) is 0 Å². The Morgan fingerprint density at radius 2 is 1.05 bits per heavy atom. The summed E-state index contributed by atoms with van der Waals surface area (Å²) >= 11 is 2.76. The van der Waals surface area contributed by atoms with Gasteiger partial charge in [0, 0.05) is 29.6 Å². The Balaban J connectivity index is 3.08. The van der Waals surface area contributed by atoms with Gasteiger partial charge in [-0.15, -0.1) is 0 Å². The fourth-order valence-electron chi connectivity index (χ4n) is 4.48. The van der Waals surface area contributed by atoms with Crippen LogP contribution in [0.15, 0.2) is 0 Å². The number of alkyl halides is 13. The minimum absolute atomic E-state index is 0.0387. The highest BCUT2D eigenvalue weighted by atomic mass is 79.9. The van der Waals surface area contributed by atoms with Gasteiger partial charge in [0.2, 0.25) is 0 Å². The molecule has 1 rings (SSSR count). The van der Waals surface area contributed by atoms with E-state index < -0.39 is 77.6 Å². The number of hydrogen-bond donors (Lipinski definition) is 1. The van der Waals surface area contributed by atoms with Crippen LogP contribution in [0, 0.1) is 5.41 Å².